The number of para-hydroxylation sites is 1. The number of anilines is 1. The average molecular weight is 536 g/mol. The van der Waals surface area contributed by atoms with E-state index < -0.39 is 60.9 Å². The third kappa shape index (κ3) is 10.1. The van der Waals surface area contributed by atoms with Crippen molar-refractivity contribution in [3.63, 3.8) is 0 Å². The third-order valence-corrected chi connectivity index (χ3v) is 5.17. The average Bonchev–Trinajstić information content (AvgIpc) is 2.84. The van der Waals surface area contributed by atoms with Crippen LogP contribution in [0, 0.1) is 0 Å². The zero-order valence-electron chi connectivity index (χ0n) is 21.8. The van der Waals surface area contributed by atoms with Crippen molar-refractivity contribution in [1.82, 2.24) is 5.32 Å². The lowest BCUT2D eigenvalue weighted by atomic mass is 9.96. The van der Waals surface area contributed by atoms with E-state index in [1.807, 2.05) is 6.92 Å². The number of oxime groups is 1. The summed E-state index contributed by atoms with van der Waals surface area (Å²) in [5.41, 5.74) is 0.434. The number of benzene rings is 1. The van der Waals surface area contributed by atoms with E-state index in [0.717, 1.165) is 26.7 Å². The molecule has 2 N–H and O–H groups in total. The lowest BCUT2D eigenvalue weighted by Crippen LogP contribution is -2.64. The van der Waals surface area contributed by atoms with Crippen molar-refractivity contribution in [2.45, 2.75) is 77.7 Å². The summed E-state index contributed by atoms with van der Waals surface area (Å²) >= 11 is 0. The number of hydrogen-bond acceptors (Lipinski definition) is 11. The van der Waals surface area contributed by atoms with Crippen LogP contribution in [0.1, 0.15) is 53.4 Å². The maximum atomic E-state index is 12.7. The van der Waals surface area contributed by atoms with Gasteiger partial charge in [0, 0.05) is 32.9 Å². The van der Waals surface area contributed by atoms with Crippen LogP contribution in [0.3, 0.4) is 0 Å². The normalized spacial score (nSPS) is 21.4. The molecule has 208 valence electrons. The summed E-state index contributed by atoms with van der Waals surface area (Å²) in [6, 6.07) is 7.12. The number of nitrogens with one attached hydrogen (secondary N) is 2. The predicted octanol–water partition coefficient (Wildman–Crippen LogP) is 2.44. The number of rotatable bonds is 11. The number of esters is 3. The second-order valence-corrected chi connectivity index (χ2v) is 8.41. The summed E-state index contributed by atoms with van der Waals surface area (Å²) in [4.78, 5) is 65.3. The fourth-order valence-electron chi connectivity index (χ4n) is 3.58. The van der Waals surface area contributed by atoms with Gasteiger partial charge in [0.15, 0.2) is 18.3 Å². The highest BCUT2D eigenvalue weighted by atomic mass is 16.7. The molecule has 13 nitrogen and oxygen atoms in total. The van der Waals surface area contributed by atoms with Gasteiger partial charge in [0.2, 0.25) is 5.91 Å². The fourth-order valence-corrected chi connectivity index (χ4v) is 3.58. The van der Waals surface area contributed by atoms with Crippen molar-refractivity contribution >= 4 is 41.5 Å². The first-order valence-corrected chi connectivity index (χ1v) is 12.2. The molecule has 1 aliphatic heterocycles. The number of nitrogens with zero attached hydrogens (tertiary/aromatic N) is 1. The minimum Gasteiger partial charge on any atom is -0.466 e. The number of ether oxygens (including phenoxy) is 4. The molecule has 0 spiro atoms. The Morgan fingerprint density at radius 3 is 2.18 bits per heavy atom. The van der Waals surface area contributed by atoms with Gasteiger partial charge in [-0.2, -0.15) is 0 Å². The first kappa shape index (κ1) is 30.1. The van der Waals surface area contributed by atoms with Gasteiger partial charge in [-0.1, -0.05) is 38.0 Å². The smallest absolute Gasteiger partial charge is 0.437 e. The molecule has 4 atom stereocenters. The van der Waals surface area contributed by atoms with Crippen LogP contribution in [-0.2, 0) is 43.0 Å². The highest BCUT2D eigenvalue weighted by molar-refractivity contribution is 5.90. The molecule has 1 fully saturated rings. The predicted molar refractivity (Wildman–Crippen MR) is 133 cm³/mol. The molecule has 0 aromatic heterocycles. The fraction of sp³-hybridized carbons (Fsp3) is 0.520. The van der Waals surface area contributed by atoms with Gasteiger partial charge in [-0.25, -0.2) is 4.79 Å². The van der Waals surface area contributed by atoms with E-state index in [1.165, 1.54) is 6.92 Å². The SMILES string of the molecule is CCCCCC(=O)N[C@H]1/C(=N/OC(=O)Nc2ccccc2)O[C@H](COC(C)=O)[C@@H](OC(C)=O)[C@@H]1OC(C)=O. The summed E-state index contributed by atoms with van der Waals surface area (Å²) in [6.45, 7) is 4.99. The van der Waals surface area contributed by atoms with E-state index in [4.69, 9.17) is 23.8 Å². The van der Waals surface area contributed by atoms with Gasteiger partial charge in [-0.3, -0.25) is 29.3 Å². The minimum atomic E-state index is -1.35. The van der Waals surface area contributed by atoms with Gasteiger partial charge in [-0.05, 0) is 23.7 Å². The van der Waals surface area contributed by atoms with Crippen molar-refractivity contribution in [3.05, 3.63) is 30.3 Å². The van der Waals surface area contributed by atoms with Crippen LogP contribution >= 0.6 is 0 Å². The third-order valence-electron chi connectivity index (χ3n) is 5.17. The maximum Gasteiger partial charge on any atom is 0.437 e. The molecule has 2 amide bonds. The molecule has 1 aromatic rings. The molecule has 0 radical (unpaired) electrons. The topological polar surface area (TPSA) is 168 Å². The van der Waals surface area contributed by atoms with E-state index in [0.29, 0.717) is 12.1 Å². The van der Waals surface area contributed by atoms with Crippen molar-refractivity contribution in [2.75, 3.05) is 11.9 Å². The number of unbranched alkanes of at least 4 members (excludes halogenated alkanes) is 2. The first-order chi connectivity index (χ1) is 18.1. The Labute approximate surface area is 220 Å². The molecular formula is C25H33N3O10. The molecule has 0 unspecified atom stereocenters. The Balaban J connectivity index is 2.39. The molecular weight excluding hydrogens is 502 g/mol. The molecule has 38 heavy (non-hydrogen) atoms. The Morgan fingerprint density at radius 2 is 1.58 bits per heavy atom. The largest absolute Gasteiger partial charge is 0.466 e. The van der Waals surface area contributed by atoms with E-state index in [-0.39, 0.29) is 12.3 Å². The van der Waals surface area contributed by atoms with Crippen molar-refractivity contribution in [2.24, 2.45) is 5.16 Å². The van der Waals surface area contributed by atoms with Gasteiger partial charge in [0.25, 0.3) is 5.90 Å². The van der Waals surface area contributed by atoms with Crippen LogP contribution in [-0.4, -0.2) is 66.8 Å². The van der Waals surface area contributed by atoms with Gasteiger partial charge in [0.1, 0.15) is 12.6 Å². The molecule has 1 heterocycles. The van der Waals surface area contributed by atoms with Crippen molar-refractivity contribution in [1.29, 1.82) is 0 Å². The van der Waals surface area contributed by atoms with Crippen LogP contribution < -0.4 is 10.6 Å². The molecule has 2 rings (SSSR count). The molecule has 0 bridgehead atoms. The van der Waals surface area contributed by atoms with E-state index >= 15 is 0 Å². The van der Waals surface area contributed by atoms with Crippen LogP contribution in [0.5, 0.6) is 0 Å². The number of carbonyl (C=O) groups is 5. The van der Waals surface area contributed by atoms with Crippen LogP contribution in [0.15, 0.2) is 35.5 Å². The van der Waals surface area contributed by atoms with E-state index in [9.17, 15) is 24.0 Å². The quantitative estimate of drug-likeness (QED) is 0.141. The van der Waals surface area contributed by atoms with Crippen LogP contribution in [0.25, 0.3) is 0 Å². The molecule has 1 saturated heterocycles. The van der Waals surface area contributed by atoms with Gasteiger partial charge >= 0.3 is 24.0 Å². The molecule has 0 saturated carbocycles. The zero-order chi connectivity index (χ0) is 28.1. The van der Waals surface area contributed by atoms with Crippen LogP contribution in [0.4, 0.5) is 10.5 Å². The summed E-state index contributed by atoms with van der Waals surface area (Å²) < 4.78 is 21.6. The Bertz CT molecular complexity index is 1010. The van der Waals surface area contributed by atoms with Crippen molar-refractivity contribution < 1.29 is 47.8 Å². The number of hydrogen-bond donors (Lipinski definition) is 2. The van der Waals surface area contributed by atoms with Crippen molar-refractivity contribution in [3.8, 4) is 0 Å². The summed E-state index contributed by atoms with van der Waals surface area (Å²) in [5, 5.41) is 8.88. The van der Waals surface area contributed by atoms with E-state index in [1.54, 1.807) is 30.3 Å². The highest BCUT2D eigenvalue weighted by Crippen LogP contribution is 2.25. The lowest BCUT2D eigenvalue weighted by Gasteiger charge is -2.41. The Kier molecular flexibility index (Phi) is 12.0. The molecule has 0 aliphatic carbocycles. The van der Waals surface area contributed by atoms with Crippen LogP contribution in [0.2, 0.25) is 0 Å². The Morgan fingerprint density at radius 1 is 0.921 bits per heavy atom. The monoisotopic (exact) mass is 535 g/mol. The number of amides is 2. The summed E-state index contributed by atoms with van der Waals surface area (Å²) in [6.07, 6.45) is -2.38. The van der Waals surface area contributed by atoms with Gasteiger partial charge < -0.3 is 24.3 Å². The summed E-state index contributed by atoms with van der Waals surface area (Å²) in [5.74, 6) is -2.93. The first-order valence-electron chi connectivity index (χ1n) is 12.2. The second-order valence-electron chi connectivity index (χ2n) is 8.41. The number of carbonyl (C=O) groups excluding carboxylic acids is 5. The van der Waals surface area contributed by atoms with Gasteiger partial charge in [-0.15, -0.1) is 0 Å². The zero-order valence-corrected chi connectivity index (χ0v) is 21.8. The molecule has 1 aromatic carbocycles. The second kappa shape index (κ2) is 15.2. The minimum absolute atomic E-state index is 0.148. The van der Waals surface area contributed by atoms with E-state index in [2.05, 4.69) is 15.8 Å². The Hall–Kier alpha value is -4.16. The lowest BCUT2D eigenvalue weighted by molar-refractivity contribution is -0.186. The maximum absolute atomic E-state index is 12.7. The van der Waals surface area contributed by atoms with Gasteiger partial charge in [0.05, 0.1) is 0 Å². The molecule has 1 aliphatic rings. The highest BCUT2D eigenvalue weighted by Gasteiger charge is 2.50. The standard InChI is InChI=1S/C25H33N3O10/c1-5-6-8-13-20(32)27-21-23(36-17(4)31)22(35-16(3)30)19(14-34-15(2)29)37-24(21)28-38-25(33)26-18-11-9-7-10-12-18/h7,9-12,19,21-23H,5-6,8,13-14H2,1-4H3,(H,26,33)(H,27,32)/b28-24-/t19-,21-,22-,23-/m1/s1. The molecule has 13 heteroatoms. The summed E-state index contributed by atoms with van der Waals surface area (Å²) in [7, 11) is 0.